The summed E-state index contributed by atoms with van der Waals surface area (Å²) in [7, 11) is -3.60. The summed E-state index contributed by atoms with van der Waals surface area (Å²) in [6, 6.07) is 7.07. The molecule has 0 aliphatic heterocycles. The molecule has 0 amide bonds. The van der Waals surface area contributed by atoms with E-state index in [-0.39, 0.29) is 4.90 Å². The molecule has 0 saturated carbocycles. The van der Waals surface area contributed by atoms with Crippen LogP contribution in [0.3, 0.4) is 0 Å². The Kier molecular flexibility index (Phi) is 3.11. The SMILES string of the molecule is Cc1ccc(C)c(S(=O)(=O)C(C)(C)C#N)c1. The topological polar surface area (TPSA) is 57.9 Å². The summed E-state index contributed by atoms with van der Waals surface area (Å²) in [6.07, 6.45) is 0. The van der Waals surface area contributed by atoms with Crippen LogP contribution in [0.4, 0.5) is 0 Å². The van der Waals surface area contributed by atoms with Crippen molar-refractivity contribution >= 4 is 9.84 Å². The van der Waals surface area contributed by atoms with Crippen molar-refractivity contribution in [3.63, 3.8) is 0 Å². The second kappa shape index (κ2) is 3.91. The van der Waals surface area contributed by atoms with E-state index >= 15 is 0 Å². The number of aryl methyl sites for hydroxylation is 2. The van der Waals surface area contributed by atoms with E-state index in [9.17, 15) is 8.42 Å². The Morgan fingerprint density at radius 1 is 1.25 bits per heavy atom. The van der Waals surface area contributed by atoms with Gasteiger partial charge in [-0.15, -0.1) is 0 Å². The van der Waals surface area contributed by atoms with Crippen LogP contribution in [0.1, 0.15) is 25.0 Å². The number of hydrogen-bond acceptors (Lipinski definition) is 3. The molecule has 0 fully saturated rings. The van der Waals surface area contributed by atoms with Gasteiger partial charge in [-0.05, 0) is 44.9 Å². The van der Waals surface area contributed by atoms with Gasteiger partial charge in [-0.25, -0.2) is 8.42 Å². The highest BCUT2D eigenvalue weighted by atomic mass is 32.2. The van der Waals surface area contributed by atoms with Crippen LogP contribution in [0.5, 0.6) is 0 Å². The zero-order valence-electron chi connectivity index (χ0n) is 9.90. The summed E-state index contributed by atoms with van der Waals surface area (Å²) in [4.78, 5) is 0.249. The molecule has 0 radical (unpaired) electrons. The van der Waals surface area contributed by atoms with Crippen LogP contribution in [-0.2, 0) is 9.84 Å². The van der Waals surface area contributed by atoms with Crippen LogP contribution in [0.15, 0.2) is 23.1 Å². The molecule has 4 heteroatoms. The first kappa shape index (κ1) is 12.7. The van der Waals surface area contributed by atoms with Gasteiger partial charge >= 0.3 is 0 Å². The zero-order chi connectivity index (χ0) is 12.6. The van der Waals surface area contributed by atoms with Crippen molar-refractivity contribution in [3.05, 3.63) is 29.3 Å². The number of rotatable bonds is 2. The minimum atomic E-state index is -3.60. The van der Waals surface area contributed by atoms with E-state index in [1.807, 2.05) is 19.1 Å². The lowest BCUT2D eigenvalue weighted by Crippen LogP contribution is -2.30. The highest BCUT2D eigenvalue weighted by Crippen LogP contribution is 2.27. The molecular weight excluding hydrogens is 222 g/mol. The molecule has 0 aliphatic rings. The predicted molar refractivity (Wildman–Crippen MR) is 62.8 cm³/mol. The van der Waals surface area contributed by atoms with E-state index < -0.39 is 14.6 Å². The molecule has 0 spiro atoms. The van der Waals surface area contributed by atoms with E-state index in [2.05, 4.69) is 0 Å². The molecular formula is C12H15NO2S. The largest absolute Gasteiger partial charge is 0.222 e. The third-order valence-corrected chi connectivity index (χ3v) is 5.03. The molecule has 0 aromatic heterocycles. The van der Waals surface area contributed by atoms with Crippen molar-refractivity contribution in [2.45, 2.75) is 37.3 Å². The molecule has 16 heavy (non-hydrogen) atoms. The molecule has 1 aromatic rings. The first-order valence-corrected chi connectivity index (χ1v) is 6.44. The standard InChI is InChI=1S/C12H15NO2S/c1-9-5-6-10(2)11(7-9)16(14,15)12(3,4)8-13/h5-7H,1-4H3. The first-order chi connectivity index (χ1) is 7.22. The Balaban J connectivity index is 3.52. The van der Waals surface area contributed by atoms with Crippen molar-refractivity contribution in [3.8, 4) is 6.07 Å². The van der Waals surface area contributed by atoms with Gasteiger partial charge in [-0.1, -0.05) is 12.1 Å². The number of benzene rings is 1. The van der Waals surface area contributed by atoms with Crippen molar-refractivity contribution in [2.75, 3.05) is 0 Å². The summed E-state index contributed by atoms with van der Waals surface area (Å²) in [5.41, 5.74) is 1.55. The smallest absolute Gasteiger partial charge is 0.197 e. The van der Waals surface area contributed by atoms with Gasteiger partial charge in [0.2, 0.25) is 0 Å². The second-order valence-corrected chi connectivity index (χ2v) is 6.86. The zero-order valence-corrected chi connectivity index (χ0v) is 10.7. The molecule has 0 unspecified atom stereocenters. The van der Waals surface area contributed by atoms with E-state index in [1.54, 1.807) is 19.1 Å². The highest BCUT2D eigenvalue weighted by Gasteiger charge is 2.36. The van der Waals surface area contributed by atoms with Crippen LogP contribution in [0, 0.1) is 25.2 Å². The maximum atomic E-state index is 12.2. The summed E-state index contributed by atoms with van der Waals surface area (Å²) in [5, 5.41) is 8.92. The van der Waals surface area contributed by atoms with Gasteiger partial charge < -0.3 is 0 Å². The monoisotopic (exact) mass is 237 g/mol. The highest BCUT2D eigenvalue weighted by molar-refractivity contribution is 7.93. The number of sulfone groups is 1. The molecule has 3 nitrogen and oxygen atoms in total. The Morgan fingerprint density at radius 2 is 1.81 bits per heavy atom. The lowest BCUT2D eigenvalue weighted by Gasteiger charge is -2.18. The van der Waals surface area contributed by atoms with Crippen molar-refractivity contribution in [1.29, 1.82) is 5.26 Å². The van der Waals surface area contributed by atoms with Crippen LogP contribution in [0.2, 0.25) is 0 Å². The van der Waals surface area contributed by atoms with E-state index in [0.717, 1.165) is 5.56 Å². The summed E-state index contributed by atoms with van der Waals surface area (Å²) < 4.78 is 23.1. The maximum absolute atomic E-state index is 12.2. The summed E-state index contributed by atoms with van der Waals surface area (Å²) in [5.74, 6) is 0. The van der Waals surface area contributed by atoms with Crippen molar-refractivity contribution in [2.24, 2.45) is 0 Å². The van der Waals surface area contributed by atoms with Gasteiger partial charge in [0.1, 0.15) is 0 Å². The van der Waals surface area contributed by atoms with Gasteiger partial charge in [0.25, 0.3) is 0 Å². The predicted octanol–water partition coefficient (Wildman–Crippen LogP) is 2.38. The Bertz CT molecular complexity index is 551. The van der Waals surface area contributed by atoms with E-state index in [1.165, 1.54) is 13.8 Å². The summed E-state index contributed by atoms with van der Waals surface area (Å²) in [6.45, 7) is 6.41. The minimum absolute atomic E-state index is 0.249. The molecule has 86 valence electrons. The number of hydrogen-bond donors (Lipinski definition) is 0. The van der Waals surface area contributed by atoms with E-state index in [4.69, 9.17) is 5.26 Å². The minimum Gasteiger partial charge on any atom is -0.222 e. The van der Waals surface area contributed by atoms with Gasteiger partial charge in [0.05, 0.1) is 11.0 Å². The van der Waals surface area contributed by atoms with Crippen LogP contribution in [-0.4, -0.2) is 13.2 Å². The lowest BCUT2D eigenvalue weighted by molar-refractivity contribution is 0.573. The molecule has 0 bridgehead atoms. The van der Waals surface area contributed by atoms with Crippen molar-refractivity contribution < 1.29 is 8.42 Å². The Hall–Kier alpha value is -1.34. The van der Waals surface area contributed by atoms with Crippen molar-refractivity contribution in [1.82, 2.24) is 0 Å². The molecule has 0 atom stereocenters. The molecule has 0 heterocycles. The van der Waals surface area contributed by atoms with Crippen LogP contribution in [0.25, 0.3) is 0 Å². The quantitative estimate of drug-likeness (QED) is 0.793. The maximum Gasteiger partial charge on any atom is 0.197 e. The third-order valence-electron chi connectivity index (χ3n) is 2.57. The lowest BCUT2D eigenvalue weighted by atomic mass is 10.2. The molecule has 1 aromatic carbocycles. The fraction of sp³-hybridized carbons (Fsp3) is 0.417. The Morgan fingerprint density at radius 3 is 2.31 bits per heavy atom. The van der Waals surface area contributed by atoms with Gasteiger partial charge in [0.15, 0.2) is 14.6 Å². The Labute approximate surface area is 96.6 Å². The average molecular weight is 237 g/mol. The number of nitriles is 1. The summed E-state index contributed by atoms with van der Waals surface area (Å²) >= 11 is 0. The van der Waals surface area contributed by atoms with Gasteiger partial charge in [-0.3, -0.25) is 0 Å². The number of nitrogens with zero attached hydrogens (tertiary/aromatic N) is 1. The first-order valence-electron chi connectivity index (χ1n) is 4.95. The van der Waals surface area contributed by atoms with E-state index in [0.29, 0.717) is 5.56 Å². The fourth-order valence-electron chi connectivity index (χ4n) is 1.33. The average Bonchev–Trinajstić information content (AvgIpc) is 2.21. The molecule has 0 aliphatic carbocycles. The molecule has 1 rings (SSSR count). The normalized spacial score (nSPS) is 12.2. The third kappa shape index (κ3) is 1.96. The van der Waals surface area contributed by atoms with Gasteiger partial charge in [-0.2, -0.15) is 5.26 Å². The fourth-order valence-corrected chi connectivity index (χ4v) is 2.83. The van der Waals surface area contributed by atoms with Crippen LogP contribution >= 0.6 is 0 Å². The van der Waals surface area contributed by atoms with Crippen LogP contribution < -0.4 is 0 Å². The molecule has 0 N–H and O–H groups in total. The molecule has 0 saturated heterocycles. The van der Waals surface area contributed by atoms with Gasteiger partial charge in [0, 0.05) is 0 Å². The second-order valence-electron chi connectivity index (χ2n) is 4.39.